The van der Waals surface area contributed by atoms with Gasteiger partial charge in [-0.2, -0.15) is 0 Å². The van der Waals surface area contributed by atoms with Gasteiger partial charge in [0.2, 0.25) is 10.0 Å². The fraction of sp³-hybridized carbons (Fsp3) is 1.00. The zero-order chi connectivity index (χ0) is 12.3. The van der Waals surface area contributed by atoms with E-state index in [-0.39, 0.29) is 11.8 Å². The smallest absolute Gasteiger partial charge is 0.211 e. The maximum Gasteiger partial charge on any atom is 0.211 e. The van der Waals surface area contributed by atoms with Gasteiger partial charge in [-0.05, 0) is 45.2 Å². The summed E-state index contributed by atoms with van der Waals surface area (Å²) in [6, 6.07) is 0.583. The maximum atomic E-state index is 11.9. The Bertz CT molecular complexity index is 345. The van der Waals surface area contributed by atoms with Crippen LogP contribution in [-0.4, -0.2) is 50.8 Å². The fourth-order valence-electron chi connectivity index (χ4n) is 2.95. The zero-order valence-corrected chi connectivity index (χ0v) is 11.1. The fourth-order valence-corrected chi connectivity index (χ4v) is 4.38. The predicted molar refractivity (Wildman–Crippen MR) is 68.2 cm³/mol. The number of nitrogens with zero attached hydrogens (tertiary/aromatic N) is 1. The summed E-state index contributed by atoms with van der Waals surface area (Å²) >= 11 is 0. The van der Waals surface area contributed by atoms with Gasteiger partial charge in [-0.3, -0.25) is 4.90 Å². The van der Waals surface area contributed by atoms with Crippen molar-refractivity contribution in [3.05, 3.63) is 0 Å². The maximum absolute atomic E-state index is 11.9. The Morgan fingerprint density at radius 3 is 2.82 bits per heavy atom. The summed E-state index contributed by atoms with van der Waals surface area (Å²) in [7, 11) is -3.11. The van der Waals surface area contributed by atoms with E-state index in [1.54, 1.807) is 0 Å². The van der Waals surface area contributed by atoms with Gasteiger partial charge in [0.15, 0.2) is 0 Å². The van der Waals surface area contributed by atoms with Crippen LogP contribution in [0, 0.1) is 0 Å². The van der Waals surface area contributed by atoms with Crippen molar-refractivity contribution < 1.29 is 8.42 Å². The summed E-state index contributed by atoms with van der Waals surface area (Å²) in [5.74, 6) is 0.216. The number of nitrogens with one attached hydrogen (secondary N) is 1. The second-order valence-electron chi connectivity index (χ2n) is 5.07. The van der Waals surface area contributed by atoms with Crippen LogP contribution in [-0.2, 0) is 10.0 Å². The number of rotatable bonds is 6. The average Bonchev–Trinajstić information content (AvgIpc) is 2.83. The van der Waals surface area contributed by atoms with Crippen LogP contribution in [0.4, 0.5) is 0 Å². The quantitative estimate of drug-likeness (QED) is 0.654. The molecule has 2 atom stereocenters. The van der Waals surface area contributed by atoms with Crippen LogP contribution < -0.4 is 10.5 Å². The predicted octanol–water partition coefficient (Wildman–Crippen LogP) is -0.119. The molecule has 0 aromatic carbocycles. The lowest BCUT2D eigenvalue weighted by atomic mass is 10.1. The lowest BCUT2D eigenvalue weighted by Crippen LogP contribution is -2.43. The molecule has 17 heavy (non-hydrogen) atoms. The highest BCUT2D eigenvalue weighted by Crippen LogP contribution is 2.28. The first-order chi connectivity index (χ1) is 8.12. The van der Waals surface area contributed by atoms with Gasteiger partial charge >= 0.3 is 0 Å². The minimum atomic E-state index is -3.11. The Kier molecular flexibility index (Phi) is 4.41. The third kappa shape index (κ3) is 3.40. The molecule has 0 spiro atoms. The third-order valence-electron chi connectivity index (χ3n) is 3.80. The van der Waals surface area contributed by atoms with E-state index < -0.39 is 10.0 Å². The van der Waals surface area contributed by atoms with Gasteiger partial charge in [-0.1, -0.05) is 0 Å². The van der Waals surface area contributed by atoms with E-state index in [0.29, 0.717) is 19.0 Å². The lowest BCUT2D eigenvalue weighted by Gasteiger charge is -2.21. The van der Waals surface area contributed by atoms with E-state index in [1.807, 2.05) is 0 Å². The summed E-state index contributed by atoms with van der Waals surface area (Å²) in [6.07, 6.45) is 4.74. The average molecular weight is 261 g/mol. The molecule has 0 saturated carbocycles. The van der Waals surface area contributed by atoms with Crippen molar-refractivity contribution >= 4 is 10.0 Å². The molecule has 2 rings (SSSR count). The van der Waals surface area contributed by atoms with E-state index in [0.717, 1.165) is 32.4 Å². The summed E-state index contributed by atoms with van der Waals surface area (Å²) in [6.45, 7) is 2.74. The highest BCUT2D eigenvalue weighted by atomic mass is 32.2. The highest BCUT2D eigenvalue weighted by molar-refractivity contribution is 7.89. The van der Waals surface area contributed by atoms with Crippen molar-refractivity contribution in [3.8, 4) is 0 Å². The zero-order valence-electron chi connectivity index (χ0n) is 10.3. The van der Waals surface area contributed by atoms with Crippen LogP contribution >= 0.6 is 0 Å². The molecule has 2 aliphatic heterocycles. The van der Waals surface area contributed by atoms with Gasteiger partial charge in [-0.25, -0.2) is 13.1 Å². The lowest BCUT2D eigenvalue weighted by molar-refractivity contribution is 0.309. The van der Waals surface area contributed by atoms with E-state index >= 15 is 0 Å². The van der Waals surface area contributed by atoms with Crippen LogP contribution in [0.5, 0.6) is 0 Å². The summed E-state index contributed by atoms with van der Waals surface area (Å²) in [5, 5.41) is 0. The van der Waals surface area contributed by atoms with Crippen LogP contribution in [0.3, 0.4) is 0 Å². The second kappa shape index (κ2) is 5.65. The molecule has 2 heterocycles. The Labute approximate surface area is 104 Å². The van der Waals surface area contributed by atoms with Gasteiger partial charge in [0.1, 0.15) is 0 Å². The first kappa shape index (κ1) is 13.3. The Balaban J connectivity index is 1.83. The summed E-state index contributed by atoms with van der Waals surface area (Å²) < 4.78 is 26.6. The van der Waals surface area contributed by atoms with Gasteiger partial charge < -0.3 is 5.73 Å². The van der Waals surface area contributed by atoms with Crippen molar-refractivity contribution in [1.82, 2.24) is 9.62 Å². The molecule has 2 saturated heterocycles. The molecule has 0 amide bonds. The molecule has 0 bridgehead atoms. The molecule has 2 fully saturated rings. The highest BCUT2D eigenvalue weighted by Gasteiger charge is 2.38. The monoisotopic (exact) mass is 261 g/mol. The second-order valence-corrected chi connectivity index (χ2v) is 6.95. The SMILES string of the molecule is NCCCCS(=O)(=O)NC1CCN2CCCC12. The number of hydrogen-bond donors (Lipinski definition) is 2. The molecular formula is C11H23N3O2S. The number of sulfonamides is 1. The van der Waals surface area contributed by atoms with Crippen molar-refractivity contribution in [3.63, 3.8) is 0 Å². The molecular weight excluding hydrogens is 238 g/mol. The van der Waals surface area contributed by atoms with Gasteiger partial charge in [0.25, 0.3) is 0 Å². The third-order valence-corrected chi connectivity index (χ3v) is 5.29. The molecule has 5 nitrogen and oxygen atoms in total. The Morgan fingerprint density at radius 2 is 2.06 bits per heavy atom. The van der Waals surface area contributed by atoms with E-state index in [2.05, 4.69) is 9.62 Å². The topological polar surface area (TPSA) is 75.4 Å². The minimum Gasteiger partial charge on any atom is -0.330 e. The van der Waals surface area contributed by atoms with Crippen LogP contribution in [0.1, 0.15) is 32.1 Å². The van der Waals surface area contributed by atoms with Gasteiger partial charge in [0, 0.05) is 18.6 Å². The first-order valence-corrected chi connectivity index (χ1v) is 8.22. The van der Waals surface area contributed by atoms with Crippen molar-refractivity contribution in [2.24, 2.45) is 5.73 Å². The van der Waals surface area contributed by atoms with E-state index in [1.165, 1.54) is 6.42 Å². The molecule has 0 radical (unpaired) electrons. The number of hydrogen-bond acceptors (Lipinski definition) is 4. The standard InChI is InChI=1S/C11H23N3O2S/c12-6-1-2-9-17(15,16)13-10-5-8-14-7-3-4-11(10)14/h10-11,13H,1-9,12H2. The van der Waals surface area contributed by atoms with E-state index in [9.17, 15) is 8.42 Å². The minimum absolute atomic E-state index is 0.139. The number of nitrogens with two attached hydrogens (primary N) is 1. The molecule has 6 heteroatoms. The number of fused-ring (bicyclic) bond motifs is 1. The van der Waals surface area contributed by atoms with Crippen molar-refractivity contribution in [2.45, 2.75) is 44.2 Å². The van der Waals surface area contributed by atoms with Crippen molar-refractivity contribution in [1.29, 1.82) is 0 Å². The molecule has 0 aliphatic carbocycles. The largest absolute Gasteiger partial charge is 0.330 e. The van der Waals surface area contributed by atoms with Crippen LogP contribution in [0.15, 0.2) is 0 Å². The summed E-state index contributed by atoms with van der Waals surface area (Å²) in [4.78, 5) is 2.41. The van der Waals surface area contributed by atoms with Crippen molar-refractivity contribution in [2.75, 3.05) is 25.4 Å². The van der Waals surface area contributed by atoms with Crippen LogP contribution in [0.2, 0.25) is 0 Å². The molecule has 2 aliphatic rings. The Hall–Kier alpha value is -0.170. The first-order valence-electron chi connectivity index (χ1n) is 6.56. The number of unbranched alkanes of at least 4 members (excludes halogenated alkanes) is 1. The van der Waals surface area contributed by atoms with Gasteiger partial charge in [0.05, 0.1) is 5.75 Å². The Morgan fingerprint density at radius 1 is 1.24 bits per heavy atom. The molecule has 100 valence electrons. The van der Waals surface area contributed by atoms with E-state index in [4.69, 9.17) is 5.73 Å². The molecule has 3 N–H and O–H groups in total. The van der Waals surface area contributed by atoms with Gasteiger partial charge in [-0.15, -0.1) is 0 Å². The summed E-state index contributed by atoms with van der Waals surface area (Å²) in [5.41, 5.74) is 5.37. The molecule has 2 unspecified atom stereocenters. The molecule has 0 aromatic rings. The molecule has 0 aromatic heterocycles. The normalized spacial score (nSPS) is 29.7. The van der Waals surface area contributed by atoms with Crippen LogP contribution in [0.25, 0.3) is 0 Å².